The first-order chi connectivity index (χ1) is 14.1. The van der Waals surface area contributed by atoms with Gasteiger partial charge in [-0.2, -0.15) is 0 Å². The Morgan fingerprint density at radius 3 is 1.97 bits per heavy atom. The van der Waals surface area contributed by atoms with Gasteiger partial charge < -0.3 is 20.4 Å². The van der Waals surface area contributed by atoms with E-state index < -0.39 is 5.54 Å². The molecule has 3 aromatic rings. The van der Waals surface area contributed by atoms with Crippen LogP contribution in [0.1, 0.15) is 33.5 Å². The zero-order chi connectivity index (χ0) is 20.4. The van der Waals surface area contributed by atoms with E-state index >= 15 is 0 Å². The summed E-state index contributed by atoms with van der Waals surface area (Å²) in [5.74, 6) is 0.334. The fourth-order valence-corrected chi connectivity index (χ4v) is 4.31. The van der Waals surface area contributed by atoms with Gasteiger partial charge in [-0.05, 0) is 67.0 Å². The van der Waals surface area contributed by atoms with Crippen molar-refractivity contribution in [2.75, 3.05) is 20.1 Å². The molecule has 1 heterocycles. The molecule has 0 spiro atoms. The van der Waals surface area contributed by atoms with E-state index in [-0.39, 0.29) is 17.4 Å². The molecule has 4 rings (SSSR count). The van der Waals surface area contributed by atoms with E-state index in [2.05, 4.69) is 5.32 Å². The summed E-state index contributed by atoms with van der Waals surface area (Å²) in [5.41, 5.74) is 2.54. The standard InChI is InChI=1S/C24H24N2O3/c1-25-15-4-16-26-23(29)21-5-2-3-6-22(21)24(26,17-7-11-19(27)12-8-17)18-9-13-20(28)14-10-18/h2-3,5-14,25,27-28H,4,15-16H2,1H3. The normalized spacial score (nSPS) is 14.8. The molecule has 3 N–H and O–H groups in total. The van der Waals surface area contributed by atoms with Gasteiger partial charge in [0.2, 0.25) is 0 Å². The summed E-state index contributed by atoms with van der Waals surface area (Å²) in [4.78, 5) is 15.4. The fraction of sp³-hybridized carbons (Fsp3) is 0.208. The summed E-state index contributed by atoms with van der Waals surface area (Å²) in [6.45, 7) is 1.36. The minimum absolute atomic E-state index is 0.0159. The molecule has 0 atom stereocenters. The van der Waals surface area contributed by atoms with E-state index in [0.29, 0.717) is 12.1 Å². The van der Waals surface area contributed by atoms with E-state index in [9.17, 15) is 15.0 Å². The molecule has 148 valence electrons. The molecule has 5 nitrogen and oxygen atoms in total. The molecule has 0 fully saturated rings. The van der Waals surface area contributed by atoms with Gasteiger partial charge in [-0.15, -0.1) is 0 Å². The lowest BCUT2D eigenvalue weighted by atomic mass is 9.77. The quantitative estimate of drug-likeness (QED) is 0.566. The van der Waals surface area contributed by atoms with Gasteiger partial charge in [0.15, 0.2) is 0 Å². The number of carbonyl (C=O) groups is 1. The third kappa shape index (κ3) is 3.04. The first kappa shape index (κ1) is 19.0. The maximum Gasteiger partial charge on any atom is 0.255 e. The van der Waals surface area contributed by atoms with Crippen molar-refractivity contribution < 1.29 is 15.0 Å². The number of nitrogens with zero attached hydrogens (tertiary/aromatic N) is 1. The van der Waals surface area contributed by atoms with Crippen molar-refractivity contribution in [2.45, 2.75) is 12.0 Å². The molecule has 1 aliphatic heterocycles. The van der Waals surface area contributed by atoms with Crippen molar-refractivity contribution in [1.29, 1.82) is 0 Å². The van der Waals surface area contributed by atoms with Crippen LogP contribution >= 0.6 is 0 Å². The fourth-order valence-electron chi connectivity index (χ4n) is 4.31. The molecule has 0 unspecified atom stereocenters. The molecule has 0 saturated carbocycles. The summed E-state index contributed by atoms with van der Waals surface area (Å²) >= 11 is 0. The Morgan fingerprint density at radius 2 is 1.41 bits per heavy atom. The van der Waals surface area contributed by atoms with Gasteiger partial charge in [-0.1, -0.05) is 42.5 Å². The van der Waals surface area contributed by atoms with Crippen LogP contribution in [0.5, 0.6) is 11.5 Å². The lowest BCUT2D eigenvalue weighted by Gasteiger charge is -2.40. The Bertz CT molecular complexity index is 968. The predicted octanol–water partition coefficient (Wildman–Crippen LogP) is 3.46. The Balaban J connectivity index is 2.00. The predicted molar refractivity (Wildman–Crippen MR) is 112 cm³/mol. The number of rotatable bonds is 6. The van der Waals surface area contributed by atoms with Crippen LogP contribution in [0, 0.1) is 0 Å². The number of nitrogens with one attached hydrogen (secondary N) is 1. The highest BCUT2D eigenvalue weighted by atomic mass is 16.3. The molecular weight excluding hydrogens is 364 g/mol. The van der Waals surface area contributed by atoms with Crippen LogP contribution in [0.2, 0.25) is 0 Å². The summed E-state index contributed by atoms with van der Waals surface area (Å²) in [5, 5.41) is 22.9. The van der Waals surface area contributed by atoms with Crippen LogP contribution in [-0.4, -0.2) is 41.2 Å². The van der Waals surface area contributed by atoms with Gasteiger partial charge in [0.1, 0.15) is 17.0 Å². The van der Waals surface area contributed by atoms with Gasteiger partial charge in [-0.25, -0.2) is 0 Å². The van der Waals surface area contributed by atoms with Gasteiger partial charge in [-0.3, -0.25) is 4.79 Å². The Hall–Kier alpha value is -3.31. The van der Waals surface area contributed by atoms with Crippen LogP contribution in [0.4, 0.5) is 0 Å². The van der Waals surface area contributed by atoms with Crippen molar-refractivity contribution in [3.05, 3.63) is 95.1 Å². The minimum atomic E-state index is -0.831. The zero-order valence-electron chi connectivity index (χ0n) is 16.3. The Morgan fingerprint density at radius 1 is 0.862 bits per heavy atom. The number of aromatic hydroxyl groups is 2. The van der Waals surface area contributed by atoms with E-state index in [1.165, 1.54) is 0 Å². The maximum atomic E-state index is 13.5. The number of benzene rings is 3. The third-order valence-electron chi connectivity index (χ3n) is 5.58. The molecule has 3 aromatic carbocycles. The van der Waals surface area contributed by atoms with Crippen LogP contribution in [0.15, 0.2) is 72.8 Å². The van der Waals surface area contributed by atoms with Crippen LogP contribution in [0.3, 0.4) is 0 Å². The van der Waals surface area contributed by atoms with Crippen LogP contribution in [0.25, 0.3) is 0 Å². The highest BCUT2D eigenvalue weighted by molar-refractivity contribution is 6.01. The van der Waals surface area contributed by atoms with Gasteiger partial charge in [0.25, 0.3) is 5.91 Å². The molecular formula is C24H24N2O3. The van der Waals surface area contributed by atoms with Crippen molar-refractivity contribution in [2.24, 2.45) is 0 Å². The second kappa shape index (κ2) is 7.60. The first-order valence-corrected chi connectivity index (χ1v) is 9.74. The van der Waals surface area contributed by atoms with Gasteiger partial charge >= 0.3 is 0 Å². The summed E-state index contributed by atoms with van der Waals surface area (Å²) < 4.78 is 0. The summed E-state index contributed by atoms with van der Waals surface area (Å²) in [6.07, 6.45) is 0.800. The van der Waals surface area contributed by atoms with Gasteiger partial charge in [0.05, 0.1) is 0 Å². The number of carbonyl (C=O) groups excluding carboxylic acids is 1. The molecule has 0 aliphatic carbocycles. The molecule has 0 saturated heterocycles. The largest absolute Gasteiger partial charge is 0.508 e. The topological polar surface area (TPSA) is 72.8 Å². The number of amides is 1. The lowest BCUT2D eigenvalue weighted by molar-refractivity contribution is 0.0674. The minimum Gasteiger partial charge on any atom is -0.508 e. The highest BCUT2D eigenvalue weighted by Crippen LogP contribution is 2.49. The summed E-state index contributed by atoms with van der Waals surface area (Å²) in [7, 11) is 1.90. The van der Waals surface area contributed by atoms with E-state index in [1.54, 1.807) is 24.3 Å². The van der Waals surface area contributed by atoms with E-state index in [1.807, 2.05) is 60.5 Å². The summed E-state index contributed by atoms with van der Waals surface area (Å²) in [6, 6.07) is 21.7. The van der Waals surface area contributed by atoms with Crippen molar-refractivity contribution >= 4 is 5.91 Å². The Labute approximate surface area is 170 Å². The van der Waals surface area contributed by atoms with Crippen molar-refractivity contribution in [1.82, 2.24) is 10.2 Å². The van der Waals surface area contributed by atoms with Crippen LogP contribution < -0.4 is 5.32 Å². The van der Waals surface area contributed by atoms with Crippen molar-refractivity contribution in [3.8, 4) is 11.5 Å². The van der Waals surface area contributed by atoms with Crippen LogP contribution in [-0.2, 0) is 5.54 Å². The Kier molecular flexibility index (Phi) is 4.99. The maximum absolute atomic E-state index is 13.5. The molecule has 0 radical (unpaired) electrons. The number of hydrogen-bond acceptors (Lipinski definition) is 4. The monoisotopic (exact) mass is 388 g/mol. The molecule has 1 amide bonds. The molecule has 1 aliphatic rings. The second-order valence-corrected chi connectivity index (χ2v) is 7.26. The molecule has 0 aromatic heterocycles. The lowest BCUT2D eigenvalue weighted by Crippen LogP contribution is -2.46. The highest BCUT2D eigenvalue weighted by Gasteiger charge is 2.51. The molecule has 5 heteroatoms. The number of phenols is 2. The average molecular weight is 388 g/mol. The van der Waals surface area contributed by atoms with E-state index in [0.717, 1.165) is 29.7 Å². The molecule has 29 heavy (non-hydrogen) atoms. The third-order valence-corrected chi connectivity index (χ3v) is 5.58. The smallest absolute Gasteiger partial charge is 0.255 e. The average Bonchev–Trinajstić information content (AvgIpc) is 2.99. The first-order valence-electron chi connectivity index (χ1n) is 9.74. The molecule has 0 bridgehead atoms. The number of phenolic OH excluding ortho intramolecular Hbond substituents is 2. The van der Waals surface area contributed by atoms with E-state index in [4.69, 9.17) is 0 Å². The number of fused-ring (bicyclic) bond motifs is 1. The number of hydrogen-bond donors (Lipinski definition) is 3. The second-order valence-electron chi connectivity index (χ2n) is 7.26. The van der Waals surface area contributed by atoms with Gasteiger partial charge in [0, 0.05) is 12.1 Å². The zero-order valence-corrected chi connectivity index (χ0v) is 16.3. The van der Waals surface area contributed by atoms with Crippen molar-refractivity contribution in [3.63, 3.8) is 0 Å². The SMILES string of the molecule is CNCCCN1C(=O)c2ccccc2C1(c1ccc(O)cc1)c1ccc(O)cc1.